The van der Waals surface area contributed by atoms with Gasteiger partial charge in [0.1, 0.15) is 11.5 Å². The molecule has 1 aromatic heterocycles. The highest BCUT2D eigenvalue weighted by atomic mass is 16.5. The number of aryl methyl sites for hydroxylation is 1. The number of aliphatic hydroxyl groups is 1. The Kier molecular flexibility index (Phi) is 6.47. The van der Waals surface area contributed by atoms with Crippen LogP contribution in [0.15, 0.2) is 30.3 Å². The first-order valence-electron chi connectivity index (χ1n) is 9.25. The zero-order valence-electron chi connectivity index (χ0n) is 16.3. The lowest BCUT2D eigenvalue weighted by molar-refractivity contribution is 0.135. The molecular weight excluding hydrogens is 344 g/mol. The topological polar surface area (TPSA) is 71.0 Å². The predicted molar refractivity (Wildman–Crippen MR) is 104 cm³/mol. The Bertz CT molecular complexity index is 716. The molecule has 0 bridgehead atoms. The fourth-order valence-electron chi connectivity index (χ4n) is 3.48. The summed E-state index contributed by atoms with van der Waals surface area (Å²) in [6.45, 7) is 5.47. The van der Waals surface area contributed by atoms with Crippen molar-refractivity contribution < 1.29 is 14.6 Å². The molecule has 146 valence electrons. The van der Waals surface area contributed by atoms with Gasteiger partial charge < -0.3 is 19.5 Å². The maximum absolute atomic E-state index is 9.55. The Morgan fingerprint density at radius 3 is 2.41 bits per heavy atom. The van der Waals surface area contributed by atoms with Crippen LogP contribution in [0.4, 0.5) is 5.82 Å². The second kappa shape index (κ2) is 9.01. The molecule has 1 atom stereocenters. The fourth-order valence-corrected chi connectivity index (χ4v) is 3.48. The van der Waals surface area contributed by atoms with Crippen molar-refractivity contribution in [2.24, 2.45) is 0 Å². The lowest BCUT2D eigenvalue weighted by Crippen LogP contribution is -2.53. The summed E-state index contributed by atoms with van der Waals surface area (Å²) in [5.41, 5.74) is 2.05. The summed E-state index contributed by atoms with van der Waals surface area (Å²) in [5.74, 6) is 2.47. The van der Waals surface area contributed by atoms with Gasteiger partial charge in [0.05, 0.1) is 19.9 Å². The third kappa shape index (κ3) is 4.87. The van der Waals surface area contributed by atoms with Gasteiger partial charge in [0.25, 0.3) is 0 Å². The summed E-state index contributed by atoms with van der Waals surface area (Å²) in [4.78, 5) is 4.65. The molecule has 0 saturated carbocycles. The van der Waals surface area contributed by atoms with Crippen LogP contribution in [0, 0.1) is 6.92 Å². The van der Waals surface area contributed by atoms with Crippen LogP contribution in [0.25, 0.3) is 0 Å². The van der Waals surface area contributed by atoms with E-state index in [0.29, 0.717) is 0 Å². The average Bonchev–Trinajstić information content (AvgIpc) is 2.69. The second-order valence-corrected chi connectivity index (χ2v) is 6.84. The highest BCUT2D eigenvalue weighted by Gasteiger charge is 2.27. The van der Waals surface area contributed by atoms with E-state index in [0.717, 1.165) is 61.2 Å². The van der Waals surface area contributed by atoms with Crippen molar-refractivity contribution in [3.63, 3.8) is 0 Å². The van der Waals surface area contributed by atoms with Crippen molar-refractivity contribution >= 4 is 5.82 Å². The number of aromatic nitrogens is 2. The van der Waals surface area contributed by atoms with E-state index in [4.69, 9.17) is 9.47 Å². The number of hydrogen-bond donors (Lipinski definition) is 1. The van der Waals surface area contributed by atoms with E-state index < -0.39 is 0 Å². The van der Waals surface area contributed by atoms with Crippen molar-refractivity contribution in [3.05, 3.63) is 41.6 Å². The molecule has 0 aliphatic carbocycles. The fraction of sp³-hybridized carbons (Fsp3) is 0.500. The van der Waals surface area contributed by atoms with Crippen molar-refractivity contribution in [2.45, 2.75) is 25.9 Å². The Balaban J connectivity index is 1.73. The maximum atomic E-state index is 9.55. The van der Waals surface area contributed by atoms with E-state index in [2.05, 4.69) is 20.0 Å². The molecule has 1 aliphatic heterocycles. The van der Waals surface area contributed by atoms with Crippen LogP contribution >= 0.6 is 0 Å². The number of nitrogens with zero attached hydrogens (tertiary/aromatic N) is 4. The quantitative estimate of drug-likeness (QED) is 0.796. The Morgan fingerprint density at radius 1 is 1.07 bits per heavy atom. The highest BCUT2D eigenvalue weighted by molar-refractivity contribution is 5.40. The molecule has 1 aliphatic rings. The standard InChI is InChI=1S/C20H28N4O3/c1-15-4-5-20(22-21-15)24-8-7-23(17(14-24)6-9-25)13-16-10-18(26-2)12-19(11-16)27-3/h4-5,10-12,17,25H,6-9,13-14H2,1-3H3. The number of methoxy groups -OCH3 is 2. The molecule has 1 aromatic carbocycles. The number of hydrogen-bond acceptors (Lipinski definition) is 7. The number of aliphatic hydroxyl groups excluding tert-OH is 1. The van der Waals surface area contributed by atoms with Crippen LogP contribution in [0.2, 0.25) is 0 Å². The first kappa shape index (κ1) is 19.4. The van der Waals surface area contributed by atoms with Crippen LogP contribution in [0.3, 0.4) is 0 Å². The number of piperazine rings is 1. The minimum atomic E-state index is 0.163. The minimum Gasteiger partial charge on any atom is -0.497 e. The molecule has 0 radical (unpaired) electrons. The third-order valence-electron chi connectivity index (χ3n) is 4.97. The van der Waals surface area contributed by atoms with Gasteiger partial charge >= 0.3 is 0 Å². The van der Waals surface area contributed by atoms with Crippen molar-refractivity contribution in [3.8, 4) is 11.5 Å². The van der Waals surface area contributed by atoms with Gasteiger partial charge in [-0.1, -0.05) is 0 Å². The van der Waals surface area contributed by atoms with E-state index in [1.807, 2.05) is 37.3 Å². The Hall–Kier alpha value is -2.38. The van der Waals surface area contributed by atoms with Gasteiger partial charge in [0, 0.05) is 44.9 Å². The molecule has 1 fully saturated rings. The van der Waals surface area contributed by atoms with Crippen LogP contribution in [0.1, 0.15) is 17.7 Å². The van der Waals surface area contributed by atoms with Crippen LogP contribution in [-0.2, 0) is 6.54 Å². The van der Waals surface area contributed by atoms with Gasteiger partial charge in [0.2, 0.25) is 0 Å². The van der Waals surface area contributed by atoms with Gasteiger partial charge in [-0.05, 0) is 43.2 Å². The lowest BCUT2D eigenvalue weighted by Gasteiger charge is -2.41. The molecule has 27 heavy (non-hydrogen) atoms. The number of ether oxygens (including phenoxy) is 2. The second-order valence-electron chi connectivity index (χ2n) is 6.84. The molecular formula is C20H28N4O3. The van der Waals surface area contributed by atoms with Crippen molar-refractivity contribution in [1.82, 2.24) is 15.1 Å². The van der Waals surface area contributed by atoms with Crippen LogP contribution < -0.4 is 14.4 Å². The number of benzene rings is 1. The van der Waals surface area contributed by atoms with Crippen LogP contribution in [-0.4, -0.2) is 66.7 Å². The maximum Gasteiger partial charge on any atom is 0.151 e. The van der Waals surface area contributed by atoms with E-state index in [1.54, 1.807) is 14.2 Å². The summed E-state index contributed by atoms with van der Waals surface area (Å²) in [6, 6.07) is 10.2. The minimum absolute atomic E-state index is 0.163. The highest BCUT2D eigenvalue weighted by Crippen LogP contribution is 2.26. The molecule has 1 N–H and O–H groups in total. The number of anilines is 1. The molecule has 2 aromatic rings. The summed E-state index contributed by atoms with van der Waals surface area (Å²) in [6.07, 6.45) is 0.719. The van der Waals surface area contributed by atoms with Crippen LogP contribution in [0.5, 0.6) is 11.5 Å². The summed E-state index contributed by atoms with van der Waals surface area (Å²) >= 11 is 0. The largest absolute Gasteiger partial charge is 0.497 e. The summed E-state index contributed by atoms with van der Waals surface area (Å²) in [7, 11) is 3.32. The Morgan fingerprint density at radius 2 is 1.81 bits per heavy atom. The van der Waals surface area contributed by atoms with E-state index in [-0.39, 0.29) is 12.6 Å². The number of rotatable bonds is 7. The monoisotopic (exact) mass is 372 g/mol. The molecule has 7 nitrogen and oxygen atoms in total. The Labute approximate surface area is 160 Å². The first-order chi connectivity index (χ1) is 13.1. The van der Waals surface area contributed by atoms with Gasteiger partial charge in [-0.2, -0.15) is 5.10 Å². The van der Waals surface area contributed by atoms with Gasteiger partial charge in [-0.15, -0.1) is 5.10 Å². The smallest absolute Gasteiger partial charge is 0.151 e. The molecule has 0 spiro atoms. The van der Waals surface area contributed by atoms with E-state index in [1.165, 1.54) is 0 Å². The molecule has 3 rings (SSSR count). The van der Waals surface area contributed by atoms with Gasteiger partial charge in [-0.3, -0.25) is 4.90 Å². The molecule has 7 heteroatoms. The average molecular weight is 372 g/mol. The van der Waals surface area contributed by atoms with Gasteiger partial charge in [0.15, 0.2) is 5.82 Å². The van der Waals surface area contributed by atoms with E-state index in [9.17, 15) is 5.11 Å². The molecule has 1 unspecified atom stereocenters. The van der Waals surface area contributed by atoms with Crippen molar-refractivity contribution in [2.75, 3.05) is 45.4 Å². The van der Waals surface area contributed by atoms with Crippen molar-refractivity contribution in [1.29, 1.82) is 0 Å². The summed E-state index contributed by atoms with van der Waals surface area (Å²) < 4.78 is 10.8. The zero-order chi connectivity index (χ0) is 19.2. The SMILES string of the molecule is COc1cc(CN2CCN(c3ccc(C)nn3)CC2CCO)cc(OC)c1. The predicted octanol–water partition coefficient (Wildman–Crippen LogP) is 1.88. The summed E-state index contributed by atoms with van der Waals surface area (Å²) in [5, 5.41) is 18.0. The molecule has 1 saturated heterocycles. The normalized spacial score (nSPS) is 17.8. The lowest BCUT2D eigenvalue weighted by atomic mass is 10.1. The molecule has 2 heterocycles. The first-order valence-corrected chi connectivity index (χ1v) is 9.25. The molecule has 0 amide bonds. The van der Waals surface area contributed by atoms with E-state index >= 15 is 0 Å². The zero-order valence-corrected chi connectivity index (χ0v) is 16.3. The third-order valence-corrected chi connectivity index (χ3v) is 4.97. The van der Waals surface area contributed by atoms with Gasteiger partial charge in [-0.25, -0.2) is 0 Å².